The molecule has 98 valence electrons. The molecule has 1 saturated heterocycles. The Hall–Kier alpha value is -1.89. The molecule has 1 unspecified atom stereocenters. The Morgan fingerprint density at radius 2 is 2.44 bits per heavy atom. The third-order valence-corrected chi connectivity index (χ3v) is 2.84. The zero-order valence-electron chi connectivity index (χ0n) is 9.81. The molecule has 0 aliphatic carbocycles. The van der Waals surface area contributed by atoms with Crippen molar-refractivity contribution in [1.29, 1.82) is 0 Å². The van der Waals surface area contributed by atoms with Crippen molar-refractivity contribution in [1.82, 2.24) is 15.3 Å². The Labute approximate surface area is 104 Å². The fraction of sp³-hybridized carbons (Fsp3) is 0.545. The second-order valence-corrected chi connectivity index (χ2v) is 4.11. The van der Waals surface area contributed by atoms with E-state index in [1.165, 1.54) is 6.33 Å². The summed E-state index contributed by atoms with van der Waals surface area (Å²) in [6.45, 7) is 1.23. The number of amides is 1. The Balaban J connectivity index is 1.83. The number of nitrogens with one attached hydrogen (secondary N) is 2. The van der Waals surface area contributed by atoms with Crippen LogP contribution < -0.4 is 5.32 Å². The summed E-state index contributed by atoms with van der Waals surface area (Å²) in [6.07, 6.45) is 4.19. The van der Waals surface area contributed by atoms with Gasteiger partial charge in [-0.1, -0.05) is 0 Å². The number of H-pyrrole nitrogens is 1. The smallest absolute Gasteiger partial charge is 0.354 e. The molecular weight excluding hydrogens is 238 g/mol. The minimum absolute atomic E-state index is 0.0881. The van der Waals surface area contributed by atoms with Crippen molar-refractivity contribution in [2.45, 2.75) is 25.4 Å². The van der Waals surface area contributed by atoms with Crippen molar-refractivity contribution in [3.63, 3.8) is 0 Å². The summed E-state index contributed by atoms with van der Waals surface area (Å²) in [5, 5.41) is 11.5. The van der Waals surface area contributed by atoms with Crippen LogP contribution in [0.4, 0.5) is 0 Å². The molecule has 1 aromatic rings. The third kappa shape index (κ3) is 2.86. The highest BCUT2D eigenvalue weighted by Crippen LogP contribution is 2.14. The van der Waals surface area contributed by atoms with E-state index in [4.69, 9.17) is 9.84 Å². The number of aromatic carboxylic acids is 1. The van der Waals surface area contributed by atoms with Crippen molar-refractivity contribution in [2.75, 3.05) is 13.2 Å². The highest BCUT2D eigenvalue weighted by Gasteiger charge is 2.20. The van der Waals surface area contributed by atoms with Crippen LogP contribution in [-0.2, 0) is 4.74 Å². The minimum Gasteiger partial charge on any atom is -0.477 e. The molecule has 0 spiro atoms. The first kappa shape index (κ1) is 12.6. The summed E-state index contributed by atoms with van der Waals surface area (Å²) < 4.78 is 5.42. The second kappa shape index (κ2) is 5.63. The fourth-order valence-electron chi connectivity index (χ4n) is 1.93. The molecule has 0 aromatic carbocycles. The number of carbonyl (C=O) groups excluding carboxylic acids is 1. The first-order valence-corrected chi connectivity index (χ1v) is 5.85. The highest BCUT2D eigenvalue weighted by molar-refractivity contribution is 6.02. The number of carbonyl (C=O) groups is 2. The SMILES string of the molecule is O=C(NCCC1CCCO1)c1nc[nH]c1C(=O)O. The third-order valence-electron chi connectivity index (χ3n) is 2.84. The molecule has 0 saturated carbocycles. The molecule has 0 radical (unpaired) electrons. The normalized spacial score (nSPS) is 18.8. The molecule has 1 aromatic heterocycles. The maximum Gasteiger partial charge on any atom is 0.354 e. The number of carboxylic acids is 1. The van der Waals surface area contributed by atoms with Gasteiger partial charge in [-0.25, -0.2) is 9.78 Å². The van der Waals surface area contributed by atoms with Crippen LogP contribution in [0.3, 0.4) is 0 Å². The van der Waals surface area contributed by atoms with Gasteiger partial charge in [0.25, 0.3) is 5.91 Å². The molecule has 18 heavy (non-hydrogen) atoms. The summed E-state index contributed by atoms with van der Waals surface area (Å²) in [5.74, 6) is -1.68. The number of ether oxygens (including phenoxy) is 1. The highest BCUT2D eigenvalue weighted by atomic mass is 16.5. The first-order chi connectivity index (χ1) is 8.68. The Bertz CT molecular complexity index is 437. The quantitative estimate of drug-likeness (QED) is 0.704. The van der Waals surface area contributed by atoms with Crippen molar-refractivity contribution >= 4 is 11.9 Å². The van der Waals surface area contributed by atoms with E-state index in [9.17, 15) is 9.59 Å². The van der Waals surface area contributed by atoms with Gasteiger partial charge in [-0.15, -0.1) is 0 Å². The molecular formula is C11H15N3O4. The van der Waals surface area contributed by atoms with E-state index in [2.05, 4.69) is 15.3 Å². The predicted octanol–water partition coefficient (Wildman–Crippen LogP) is 0.407. The van der Waals surface area contributed by atoms with Crippen LogP contribution in [0, 0.1) is 0 Å². The molecule has 0 bridgehead atoms. The molecule has 1 aliphatic rings. The van der Waals surface area contributed by atoms with E-state index < -0.39 is 11.9 Å². The molecule has 2 heterocycles. The average Bonchev–Trinajstić information content (AvgIpc) is 2.99. The summed E-state index contributed by atoms with van der Waals surface area (Å²) in [5.41, 5.74) is -0.278. The monoisotopic (exact) mass is 253 g/mol. The summed E-state index contributed by atoms with van der Waals surface area (Å²) in [7, 11) is 0. The second-order valence-electron chi connectivity index (χ2n) is 4.11. The minimum atomic E-state index is -1.20. The maximum atomic E-state index is 11.7. The van der Waals surface area contributed by atoms with E-state index in [1.54, 1.807) is 0 Å². The number of hydrogen-bond acceptors (Lipinski definition) is 4. The van der Waals surface area contributed by atoms with Gasteiger partial charge in [0.1, 0.15) is 0 Å². The van der Waals surface area contributed by atoms with Crippen molar-refractivity contribution in [2.24, 2.45) is 0 Å². The van der Waals surface area contributed by atoms with Crippen LogP contribution in [-0.4, -0.2) is 46.2 Å². The van der Waals surface area contributed by atoms with Gasteiger partial charge in [0, 0.05) is 13.2 Å². The Morgan fingerprint density at radius 1 is 1.61 bits per heavy atom. The molecule has 2 rings (SSSR count). The number of imidazole rings is 1. The van der Waals surface area contributed by atoms with Crippen molar-refractivity contribution in [3.05, 3.63) is 17.7 Å². The molecule has 1 fully saturated rings. The van der Waals surface area contributed by atoms with Gasteiger partial charge in [0.15, 0.2) is 11.4 Å². The van der Waals surface area contributed by atoms with E-state index in [0.717, 1.165) is 25.9 Å². The van der Waals surface area contributed by atoms with Crippen LogP contribution in [0.5, 0.6) is 0 Å². The van der Waals surface area contributed by atoms with Gasteiger partial charge in [-0.3, -0.25) is 4.79 Å². The number of aromatic nitrogens is 2. The van der Waals surface area contributed by atoms with Crippen LogP contribution in [0.25, 0.3) is 0 Å². The number of nitrogens with zero attached hydrogens (tertiary/aromatic N) is 1. The molecule has 7 nitrogen and oxygen atoms in total. The van der Waals surface area contributed by atoms with E-state index in [1.807, 2.05) is 0 Å². The lowest BCUT2D eigenvalue weighted by Crippen LogP contribution is -2.28. The molecule has 1 aliphatic heterocycles. The van der Waals surface area contributed by atoms with Gasteiger partial charge in [-0.2, -0.15) is 0 Å². The average molecular weight is 253 g/mol. The topological polar surface area (TPSA) is 104 Å². The first-order valence-electron chi connectivity index (χ1n) is 5.85. The maximum absolute atomic E-state index is 11.7. The number of aromatic amines is 1. The molecule has 1 amide bonds. The van der Waals surface area contributed by atoms with Crippen molar-refractivity contribution in [3.8, 4) is 0 Å². The van der Waals surface area contributed by atoms with E-state index >= 15 is 0 Å². The fourth-order valence-corrected chi connectivity index (χ4v) is 1.93. The lowest BCUT2D eigenvalue weighted by atomic mass is 10.2. The molecule has 7 heteroatoms. The van der Waals surface area contributed by atoms with Crippen LogP contribution in [0.1, 0.15) is 40.2 Å². The number of hydrogen-bond donors (Lipinski definition) is 3. The summed E-state index contributed by atoms with van der Waals surface area (Å²) >= 11 is 0. The Kier molecular flexibility index (Phi) is 3.93. The van der Waals surface area contributed by atoms with Gasteiger partial charge in [0.2, 0.25) is 0 Å². The largest absolute Gasteiger partial charge is 0.477 e. The van der Waals surface area contributed by atoms with Crippen LogP contribution in [0.2, 0.25) is 0 Å². The zero-order chi connectivity index (χ0) is 13.0. The van der Waals surface area contributed by atoms with E-state index in [0.29, 0.717) is 6.54 Å². The van der Waals surface area contributed by atoms with E-state index in [-0.39, 0.29) is 17.5 Å². The lowest BCUT2D eigenvalue weighted by Gasteiger charge is -2.09. The van der Waals surface area contributed by atoms with Crippen LogP contribution in [0.15, 0.2) is 6.33 Å². The van der Waals surface area contributed by atoms with Gasteiger partial charge >= 0.3 is 5.97 Å². The number of rotatable bonds is 5. The lowest BCUT2D eigenvalue weighted by molar-refractivity contribution is 0.0684. The molecule has 1 atom stereocenters. The Morgan fingerprint density at radius 3 is 3.11 bits per heavy atom. The van der Waals surface area contributed by atoms with Gasteiger partial charge in [-0.05, 0) is 19.3 Å². The standard InChI is InChI=1S/C11H15N3O4/c15-10(8-9(11(16)17)14-6-13-8)12-4-3-7-2-1-5-18-7/h6-7H,1-5H2,(H,12,15)(H,13,14)(H,16,17). The predicted molar refractivity (Wildman–Crippen MR) is 61.5 cm³/mol. The molecule has 3 N–H and O–H groups in total. The van der Waals surface area contributed by atoms with Crippen LogP contribution >= 0.6 is 0 Å². The van der Waals surface area contributed by atoms with Crippen molar-refractivity contribution < 1.29 is 19.4 Å². The zero-order valence-corrected chi connectivity index (χ0v) is 9.81. The van der Waals surface area contributed by atoms with Gasteiger partial charge < -0.3 is 20.1 Å². The summed E-state index contributed by atoms with van der Waals surface area (Å²) in [4.78, 5) is 28.6. The summed E-state index contributed by atoms with van der Waals surface area (Å²) in [6, 6.07) is 0. The van der Waals surface area contributed by atoms with Gasteiger partial charge in [0.05, 0.1) is 12.4 Å². The number of carboxylic acid groups (broad SMARTS) is 1.